The number of hydrogen-bond acceptors (Lipinski definition) is 2. The predicted octanol–water partition coefficient (Wildman–Crippen LogP) is 5.93. The van der Waals surface area contributed by atoms with E-state index in [1.54, 1.807) is 0 Å². The van der Waals surface area contributed by atoms with E-state index in [9.17, 15) is 9.59 Å². The number of unbranched alkanes of at least 4 members (excludes halogenated alkanes) is 10. The van der Waals surface area contributed by atoms with E-state index >= 15 is 0 Å². The fraction of sp³-hybridized carbons (Fsp3) is 0.818. The normalized spacial score (nSPS) is 18.9. The van der Waals surface area contributed by atoms with Gasteiger partial charge in [-0.1, -0.05) is 90.2 Å². The Balaban J connectivity index is 2.17. The third-order valence-electron chi connectivity index (χ3n) is 5.27. The number of amides is 2. The molecule has 0 spiro atoms. The standard InChI is InChI=1S/C22H39NO2/c1-3-5-7-8-9-10-11-12-13-14-15-17-19(16-6-4-2)20-18-21(24)23-22(20)25/h15,17,19-20H,3-14,16,18H2,1-2H3,(H,23,24,25)/b17-15+. The van der Waals surface area contributed by atoms with Crippen molar-refractivity contribution in [2.45, 2.75) is 104 Å². The highest BCUT2D eigenvalue weighted by Crippen LogP contribution is 2.27. The Morgan fingerprint density at radius 1 is 0.920 bits per heavy atom. The zero-order valence-electron chi connectivity index (χ0n) is 16.5. The van der Waals surface area contributed by atoms with E-state index in [1.807, 2.05) is 0 Å². The first kappa shape index (κ1) is 21.9. The molecule has 2 unspecified atom stereocenters. The Hall–Kier alpha value is -1.12. The molecule has 1 aliphatic rings. The summed E-state index contributed by atoms with van der Waals surface area (Å²) in [7, 11) is 0. The zero-order chi connectivity index (χ0) is 18.3. The Bertz CT molecular complexity index is 403. The van der Waals surface area contributed by atoms with Crippen LogP contribution in [0, 0.1) is 11.8 Å². The second-order valence-electron chi connectivity index (χ2n) is 7.57. The van der Waals surface area contributed by atoms with Gasteiger partial charge in [-0.05, 0) is 25.2 Å². The van der Waals surface area contributed by atoms with Crippen molar-refractivity contribution >= 4 is 11.8 Å². The fourth-order valence-electron chi connectivity index (χ4n) is 3.63. The van der Waals surface area contributed by atoms with Crippen molar-refractivity contribution in [3.63, 3.8) is 0 Å². The fourth-order valence-corrected chi connectivity index (χ4v) is 3.63. The highest BCUT2D eigenvalue weighted by Gasteiger charge is 2.35. The van der Waals surface area contributed by atoms with Crippen LogP contribution < -0.4 is 5.32 Å². The number of allylic oxidation sites excluding steroid dienone is 2. The van der Waals surface area contributed by atoms with Crippen LogP contribution in [0.3, 0.4) is 0 Å². The lowest BCUT2D eigenvalue weighted by Crippen LogP contribution is -2.25. The molecule has 0 aromatic rings. The van der Waals surface area contributed by atoms with E-state index in [-0.39, 0.29) is 23.7 Å². The van der Waals surface area contributed by atoms with Gasteiger partial charge in [-0.3, -0.25) is 14.9 Å². The van der Waals surface area contributed by atoms with Crippen LogP contribution in [-0.4, -0.2) is 11.8 Å². The Morgan fingerprint density at radius 2 is 1.52 bits per heavy atom. The lowest BCUT2D eigenvalue weighted by molar-refractivity contribution is -0.126. The van der Waals surface area contributed by atoms with Crippen LogP contribution in [0.1, 0.15) is 104 Å². The molecule has 0 aromatic carbocycles. The van der Waals surface area contributed by atoms with Crippen LogP contribution in [0.15, 0.2) is 12.2 Å². The van der Waals surface area contributed by atoms with Gasteiger partial charge in [-0.2, -0.15) is 0 Å². The second kappa shape index (κ2) is 14.1. The van der Waals surface area contributed by atoms with Crippen molar-refractivity contribution in [2.75, 3.05) is 0 Å². The molecule has 0 radical (unpaired) electrons. The second-order valence-corrected chi connectivity index (χ2v) is 7.57. The van der Waals surface area contributed by atoms with Gasteiger partial charge < -0.3 is 0 Å². The van der Waals surface area contributed by atoms with Gasteiger partial charge in [0.15, 0.2) is 0 Å². The first-order valence-corrected chi connectivity index (χ1v) is 10.7. The molecule has 1 aliphatic heterocycles. The van der Waals surface area contributed by atoms with E-state index in [4.69, 9.17) is 0 Å². The van der Waals surface area contributed by atoms with E-state index in [0.29, 0.717) is 6.42 Å². The van der Waals surface area contributed by atoms with E-state index in [2.05, 4.69) is 31.3 Å². The highest BCUT2D eigenvalue weighted by molar-refractivity contribution is 6.03. The topological polar surface area (TPSA) is 46.2 Å². The van der Waals surface area contributed by atoms with Crippen molar-refractivity contribution in [1.29, 1.82) is 0 Å². The highest BCUT2D eigenvalue weighted by atomic mass is 16.2. The minimum absolute atomic E-state index is 0.0705. The number of carbonyl (C=O) groups excluding carboxylic acids is 2. The average Bonchev–Trinajstić information content (AvgIpc) is 2.93. The number of carbonyl (C=O) groups is 2. The van der Waals surface area contributed by atoms with Gasteiger partial charge in [0, 0.05) is 6.42 Å². The molecule has 144 valence electrons. The van der Waals surface area contributed by atoms with Gasteiger partial charge in [0.1, 0.15) is 0 Å². The molecule has 0 aliphatic carbocycles. The molecule has 1 fully saturated rings. The summed E-state index contributed by atoms with van der Waals surface area (Å²) in [6.45, 7) is 4.43. The van der Waals surface area contributed by atoms with Gasteiger partial charge in [-0.15, -0.1) is 0 Å². The Labute approximate surface area is 155 Å². The molecule has 3 nitrogen and oxygen atoms in total. The smallest absolute Gasteiger partial charge is 0.230 e. The first-order valence-electron chi connectivity index (χ1n) is 10.7. The quantitative estimate of drug-likeness (QED) is 0.226. The molecule has 2 amide bonds. The van der Waals surface area contributed by atoms with Crippen molar-refractivity contribution < 1.29 is 9.59 Å². The van der Waals surface area contributed by atoms with Crippen molar-refractivity contribution in [3.8, 4) is 0 Å². The van der Waals surface area contributed by atoms with E-state index < -0.39 is 0 Å². The molecule has 1 heterocycles. The maximum Gasteiger partial charge on any atom is 0.230 e. The van der Waals surface area contributed by atoms with E-state index in [1.165, 1.54) is 57.8 Å². The molecule has 0 aromatic heterocycles. The van der Waals surface area contributed by atoms with Crippen LogP contribution in [0.25, 0.3) is 0 Å². The average molecular weight is 350 g/mol. The largest absolute Gasteiger partial charge is 0.296 e. The summed E-state index contributed by atoms with van der Waals surface area (Å²) in [5, 5.41) is 2.45. The van der Waals surface area contributed by atoms with Crippen molar-refractivity contribution in [3.05, 3.63) is 12.2 Å². The maximum atomic E-state index is 11.9. The summed E-state index contributed by atoms with van der Waals surface area (Å²) in [6, 6.07) is 0. The summed E-state index contributed by atoms with van der Waals surface area (Å²) >= 11 is 0. The zero-order valence-corrected chi connectivity index (χ0v) is 16.5. The summed E-state index contributed by atoms with van der Waals surface area (Å²) in [6.07, 6.45) is 21.3. The van der Waals surface area contributed by atoms with Gasteiger partial charge >= 0.3 is 0 Å². The summed E-state index contributed by atoms with van der Waals surface area (Å²) in [5.41, 5.74) is 0. The van der Waals surface area contributed by atoms with Crippen LogP contribution in [0.5, 0.6) is 0 Å². The first-order chi connectivity index (χ1) is 12.2. The lowest BCUT2D eigenvalue weighted by atomic mass is 9.86. The van der Waals surface area contributed by atoms with Gasteiger partial charge in [-0.25, -0.2) is 0 Å². The maximum absolute atomic E-state index is 11.9. The van der Waals surface area contributed by atoms with Crippen molar-refractivity contribution in [1.82, 2.24) is 5.32 Å². The number of rotatable bonds is 15. The SMILES string of the molecule is CCCCCCCCCCC/C=C/C(CCCC)C1CC(=O)NC1=O. The molecule has 2 atom stereocenters. The molecular formula is C22H39NO2. The molecule has 3 heteroatoms. The minimum Gasteiger partial charge on any atom is -0.296 e. The van der Waals surface area contributed by atoms with Crippen LogP contribution in [0.2, 0.25) is 0 Å². The van der Waals surface area contributed by atoms with Crippen molar-refractivity contribution in [2.24, 2.45) is 11.8 Å². The minimum atomic E-state index is -0.140. The summed E-state index contributed by atoms with van der Waals surface area (Å²) in [5.74, 6) is -0.0916. The molecule has 1 saturated heterocycles. The molecule has 0 bridgehead atoms. The molecule has 1 rings (SSSR count). The summed E-state index contributed by atoms with van der Waals surface area (Å²) < 4.78 is 0. The van der Waals surface area contributed by atoms with Gasteiger partial charge in [0.25, 0.3) is 0 Å². The van der Waals surface area contributed by atoms with Gasteiger partial charge in [0.05, 0.1) is 5.92 Å². The van der Waals surface area contributed by atoms with E-state index in [0.717, 1.165) is 25.7 Å². The number of nitrogens with one attached hydrogen (secondary N) is 1. The van der Waals surface area contributed by atoms with Crippen LogP contribution >= 0.6 is 0 Å². The molecule has 1 N–H and O–H groups in total. The Morgan fingerprint density at radius 3 is 2.08 bits per heavy atom. The third kappa shape index (κ3) is 9.81. The molecule has 25 heavy (non-hydrogen) atoms. The lowest BCUT2D eigenvalue weighted by Gasteiger charge is -2.17. The van der Waals surface area contributed by atoms with Gasteiger partial charge in [0.2, 0.25) is 11.8 Å². The third-order valence-corrected chi connectivity index (χ3v) is 5.27. The van der Waals surface area contributed by atoms with Crippen LogP contribution in [-0.2, 0) is 9.59 Å². The number of imide groups is 1. The molecule has 0 saturated carbocycles. The monoisotopic (exact) mass is 349 g/mol. The number of hydrogen-bond donors (Lipinski definition) is 1. The summed E-state index contributed by atoms with van der Waals surface area (Å²) in [4.78, 5) is 23.4. The molecular weight excluding hydrogens is 310 g/mol. The predicted molar refractivity (Wildman–Crippen MR) is 105 cm³/mol. The Kier molecular flexibility index (Phi) is 12.4. The van der Waals surface area contributed by atoms with Crippen LogP contribution in [0.4, 0.5) is 0 Å².